The average molecular weight is 477 g/mol. The van der Waals surface area contributed by atoms with E-state index in [4.69, 9.17) is 0 Å². The number of benzene rings is 2. The van der Waals surface area contributed by atoms with Crippen LogP contribution < -0.4 is 5.32 Å². The van der Waals surface area contributed by atoms with Crippen LogP contribution in [0.25, 0.3) is 0 Å². The van der Waals surface area contributed by atoms with E-state index >= 15 is 0 Å². The molecule has 0 unspecified atom stereocenters. The number of carbonyl (C=O) groups excluding carboxylic acids is 1. The lowest BCUT2D eigenvalue weighted by atomic mass is 9.96. The van der Waals surface area contributed by atoms with Crippen LogP contribution in [0.1, 0.15) is 29.3 Å². The lowest BCUT2D eigenvalue weighted by Crippen LogP contribution is -2.43. The van der Waals surface area contributed by atoms with Gasteiger partial charge in [0.25, 0.3) is 0 Å². The minimum Gasteiger partial charge on any atom is -0.344 e. The molecule has 0 radical (unpaired) electrons. The molecule has 2 heterocycles. The van der Waals surface area contributed by atoms with Gasteiger partial charge in [0.15, 0.2) is 0 Å². The minimum absolute atomic E-state index is 0.0609. The molecule has 0 saturated carbocycles. The van der Waals surface area contributed by atoms with E-state index in [0.717, 1.165) is 26.9 Å². The summed E-state index contributed by atoms with van der Waals surface area (Å²) in [6.07, 6.45) is 0.599. The highest BCUT2D eigenvalue weighted by Gasteiger charge is 2.34. The minimum atomic E-state index is -4.18. The van der Waals surface area contributed by atoms with Gasteiger partial charge in [0, 0.05) is 23.9 Å². The fraction of sp³-hybridized carbons (Fsp3) is 0.261. The molecule has 1 atom stereocenters. The van der Waals surface area contributed by atoms with E-state index in [1.165, 1.54) is 0 Å². The number of hydrogen-bond donors (Lipinski definition) is 1. The number of amides is 1. The summed E-state index contributed by atoms with van der Waals surface area (Å²) >= 11 is 1.55. The summed E-state index contributed by atoms with van der Waals surface area (Å²) in [5.41, 5.74) is 0.963. The van der Waals surface area contributed by atoms with Gasteiger partial charge in [0.2, 0.25) is 15.9 Å². The molecule has 1 aliphatic rings. The van der Waals surface area contributed by atoms with Gasteiger partial charge in [-0.25, -0.2) is 17.2 Å². The zero-order valence-electron chi connectivity index (χ0n) is 17.1. The molecule has 1 saturated heterocycles. The van der Waals surface area contributed by atoms with Crippen LogP contribution in [0, 0.1) is 17.6 Å². The normalized spacial score (nSPS) is 16.6. The predicted molar refractivity (Wildman–Crippen MR) is 119 cm³/mol. The van der Waals surface area contributed by atoms with Gasteiger partial charge in [-0.3, -0.25) is 4.79 Å². The molecule has 1 fully saturated rings. The molecule has 1 amide bonds. The number of rotatable bonds is 6. The number of carbonyl (C=O) groups is 1. The van der Waals surface area contributed by atoms with Crippen molar-refractivity contribution in [2.45, 2.75) is 23.8 Å². The maximum Gasteiger partial charge on any atom is 0.246 e. The van der Waals surface area contributed by atoms with E-state index in [0.29, 0.717) is 18.9 Å². The number of piperidine rings is 1. The zero-order chi connectivity index (χ0) is 22.7. The van der Waals surface area contributed by atoms with Crippen LogP contribution >= 0.6 is 11.3 Å². The Hall–Kier alpha value is -2.62. The third-order valence-corrected chi connectivity index (χ3v) is 8.43. The predicted octanol–water partition coefficient (Wildman–Crippen LogP) is 4.33. The first kappa shape index (κ1) is 22.6. The molecule has 168 valence electrons. The fourth-order valence-electron chi connectivity index (χ4n) is 3.85. The first-order chi connectivity index (χ1) is 15.4. The first-order valence-corrected chi connectivity index (χ1v) is 12.5. The van der Waals surface area contributed by atoms with E-state index in [2.05, 4.69) is 5.32 Å². The molecular weight excluding hydrogens is 454 g/mol. The smallest absolute Gasteiger partial charge is 0.246 e. The van der Waals surface area contributed by atoms with Gasteiger partial charge in [0.1, 0.15) is 16.5 Å². The lowest BCUT2D eigenvalue weighted by Gasteiger charge is -2.31. The zero-order valence-corrected chi connectivity index (χ0v) is 18.7. The summed E-state index contributed by atoms with van der Waals surface area (Å²) < 4.78 is 54.2. The van der Waals surface area contributed by atoms with E-state index in [1.54, 1.807) is 11.3 Å². The Kier molecular flexibility index (Phi) is 6.68. The standard InChI is InChI=1S/C23H22F2N2O3S2/c24-18-8-9-19(25)21(15-18)32(29,30)27-12-10-17(11-13-27)23(28)26-22(20-7-4-14-31-20)16-5-2-1-3-6-16/h1-9,14-15,17,22H,10-13H2,(H,26,28)/t22-/m0/s1. The highest BCUT2D eigenvalue weighted by atomic mass is 32.2. The van der Waals surface area contributed by atoms with Crippen molar-refractivity contribution in [3.63, 3.8) is 0 Å². The highest BCUT2D eigenvalue weighted by molar-refractivity contribution is 7.89. The maximum atomic E-state index is 14.0. The lowest BCUT2D eigenvalue weighted by molar-refractivity contribution is -0.126. The average Bonchev–Trinajstić information content (AvgIpc) is 3.34. The number of halogens is 2. The van der Waals surface area contributed by atoms with Gasteiger partial charge in [-0.2, -0.15) is 4.31 Å². The number of nitrogens with zero attached hydrogens (tertiary/aromatic N) is 1. The van der Waals surface area contributed by atoms with Crippen molar-refractivity contribution in [1.82, 2.24) is 9.62 Å². The first-order valence-electron chi connectivity index (χ1n) is 10.2. The number of hydrogen-bond acceptors (Lipinski definition) is 4. The SMILES string of the molecule is O=C(N[C@@H](c1ccccc1)c1cccs1)C1CCN(S(=O)(=O)c2cc(F)ccc2F)CC1. The van der Waals surface area contributed by atoms with Gasteiger partial charge < -0.3 is 5.32 Å². The largest absolute Gasteiger partial charge is 0.344 e. The van der Waals surface area contributed by atoms with Crippen molar-refractivity contribution in [1.29, 1.82) is 0 Å². The summed E-state index contributed by atoms with van der Waals surface area (Å²) in [4.78, 5) is 13.3. The van der Waals surface area contributed by atoms with Crippen molar-refractivity contribution in [3.05, 3.63) is 88.1 Å². The van der Waals surface area contributed by atoms with Gasteiger partial charge in [-0.15, -0.1) is 11.3 Å². The summed E-state index contributed by atoms with van der Waals surface area (Å²) in [6, 6.07) is 15.6. The molecule has 3 aromatic rings. The fourth-order valence-corrected chi connectivity index (χ4v) is 6.20. The Balaban J connectivity index is 1.45. The Bertz CT molecular complexity index is 1180. The van der Waals surface area contributed by atoms with E-state index < -0.39 is 26.6 Å². The van der Waals surface area contributed by atoms with Crippen molar-refractivity contribution < 1.29 is 22.0 Å². The second-order valence-corrected chi connectivity index (χ2v) is 10.5. The number of sulfonamides is 1. The van der Waals surface area contributed by atoms with Crippen molar-refractivity contribution in [2.24, 2.45) is 5.92 Å². The topological polar surface area (TPSA) is 66.5 Å². The van der Waals surface area contributed by atoms with Crippen molar-refractivity contribution in [3.8, 4) is 0 Å². The van der Waals surface area contributed by atoms with E-state index in [-0.39, 0.29) is 31.0 Å². The molecule has 9 heteroatoms. The maximum absolute atomic E-state index is 14.0. The summed E-state index contributed by atoms with van der Waals surface area (Å²) in [6.45, 7) is 0.122. The van der Waals surface area contributed by atoms with Crippen molar-refractivity contribution >= 4 is 27.3 Å². The third kappa shape index (κ3) is 4.74. The molecule has 1 aromatic heterocycles. The molecule has 32 heavy (non-hydrogen) atoms. The number of nitrogens with one attached hydrogen (secondary N) is 1. The Morgan fingerprint density at radius 1 is 1.03 bits per heavy atom. The monoisotopic (exact) mass is 476 g/mol. The van der Waals surface area contributed by atoms with Gasteiger partial charge in [-0.05, 0) is 48.1 Å². The van der Waals surface area contributed by atoms with Crippen LogP contribution in [0.2, 0.25) is 0 Å². The molecule has 1 N–H and O–H groups in total. The van der Waals surface area contributed by atoms with Crippen molar-refractivity contribution in [2.75, 3.05) is 13.1 Å². The molecule has 2 aromatic carbocycles. The molecule has 0 aliphatic carbocycles. The Morgan fingerprint density at radius 3 is 2.41 bits per heavy atom. The quantitative estimate of drug-likeness (QED) is 0.576. The van der Waals surface area contributed by atoms with Crippen LogP contribution in [0.4, 0.5) is 8.78 Å². The van der Waals surface area contributed by atoms with Gasteiger partial charge in [-0.1, -0.05) is 36.4 Å². The summed E-state index contributed by atoms with van der Waals surface area (Å²) in [5.74, 6) is -2.33. The van der Waals surface area contributed by atoms with Crippen LogP contribution in [0.15, 0.2) is 70.9 Å². The second kappa shape index (κ2) is 9.48. The summed E-state index contributed by atoms with van der Waals surface area (Å²) in [7, 11) is -4.18. The van der Waals surface area contributed by atoms with Crippen LogP contribution in [-0.2, 0) is 14.8 Å². The second-order valence-electron chi connectivity index (χ2n) is 7.62. The molecule has 4 rings (SSSR count). The van der Waals surface area contributed by atoms with Crippen LogP contribution in [0.5, 0.6) is 0 Å². The van der Waals surface area contributed by atoms with E-state index in [9.17, 15) is 22.0 Å². The van der Waals surface area contributed by atoms with Crippen LogP contribution in [-0.4, -0.2) is 31.7 Å². The number of thiophene rings is 1. The van der Waals surface area contributed by atoms with E-state index in [1.807, 2.05) is 47.8 Å². The third-order valence-electron chi connectivity index (χ3n) is 5.58. The Labute approximate surface area is 189 Å². The Morgan fingerprint density at radius 2 is 1.75 bits per heavy atom. The molecule has 0 spiro atoms. The molecule has 0 bridgehead atoms. The van der Waals surface area contributed by atoms with Gasteiger partial charge >= 0.3 is 0 Å². The molecule has 1 aliphatic heterocycles. The summed E-state index contributed by atoms with van der Waals surface area (Å²) in [5, 5.41) is 5.05. The highest BCUT2D eigenvalue weighted by Crippen LogP contribution is 2.29. The molecule has 5 nitrogen and oxygen atoms in total. The van der Waals surface area contributed by atoms with Gasteiger partial charge in [0.05, 0.1) is 6.04 Å². The molecular formula is C23H22F2N2O3S2. The van der Waals surface area contributed by atoms with Crippen LogP contribution in [0.3, 0.4) is 0 Å².